The van der Waals surface area contributed by atoms with E-state index in [1.165, 1.54) is 54.9 Å². The quantitative estimate of drug-likeness (QED) is 0.275. The molecule has 0 N–H and O–H groups in total. The van der Waals surface area contributed by atoms with Crippen LogP contribution in [0.25, 0.3) is 54.9 Å². The highest BCUT2D eigenvalue weighted by Crippen LogP contribution is 2.31. The van der Waals surface area contributed by atoms with Crippen molar-refractivity contribution in [1.82, 2.24) is 0 Å². The second kappa shape index (κ2) is 7.83. The molecule has 6 aromatic carbocycles. The molecule has 0 aromatic heterocycles. The third kappa shape index (κ3) is 3.46. The molecule has 0 atom stereocenters. The van der Waals surface area contributed by atoms with Crippen molar-refractivity contribution in [3.8, 4) is 33.4 Å². The molecule has 0 aliphatic rings. The van der Waals surface area contributed by atoms with Gasteiger partial charge in [-0.3, -0.25) is 0 Å². The third-order valence-corrected chi connectivity index (χ3v) is 6.23. The van der Waals surface area contributed by atoms with Gasteiger partial charge in [0.05, 0.1) is 0 Å². The molecule has 0 saturated heterocycles. The van der Waals surface area contributed by atoms with E-state index in [1.807, 2.05) is 0 Å². The highest BCUT2D eigenvalue weighted by atomic mass is 14.1. The minimum atomic E-state index is 1.25. The van der Waals surface area contributed by atoms with E-state index in [2.05, 4.69) is 133 Å². The molecule has 0 bridgehead atoms. The lowest BCUT2D eigenvalue weighted by Gasteiger charge is -2.09. The average molecular weight is 407 g/mol. The van der Waals surface area contributed by atoms with Gasteiger partial charge in [0.1, 0.15) is 0 Å². The van der Waals surface area contributed by atoms with E-state index in [0.717, 1.165) is 0 Å². The maximum atomic E-state index is 2.30. The van der Waals surface area contributed by atoms with E-state index in [-0.39, 0.29) is 0 Å². The molecule has 0 saturated carbocycles. The summed E-state index contributed by atoms with van der Waals surface area (Å²) in [5.41, 5.74) is 7.51. The van der Waals surface area contributed by atoms with Crippen LogP contribution in [0.3, 0.4) is 0 Å². The van der Waals surface area contributed by atoms with Gasteiger partial charge in [-0.15, -0.1) is 0 Å². The summed E-state index contributed by atoms with van der Waals surface area (Å²) in [5, 5.41) is 5.06. The number of hydrogen-bond acceptors (Lipinski definition) is 0. The normalized spacial score (nSPS) is 11.1. The SMILES string of the molecule is c1ccc(-c2ccc3cc(-c4ccc5cc(-c6ccccc6)ccc5c4)ccc3c2)cc1. The van der Waals surface area contributed by atoms with Gasteiger partial charge in [-0.1, -0.05) is 109 Å². The first kappa shape index (κ1) is 18.6. The van der Waals surface area contributed by atoms with E-state index >= 15 is 0 Å². The Kier molecular flexibility index (Phi) is 4.55. The molecule has 150 valence electrons. The number of benzene rings is 6. The molecule has 0 nitrogen and oxygen atoms in total. The Labute approximate surface area is 188 Å². The van der Waals surface area contributed by atoms with Gasteiger partial charge in [0.2, 0.25) is 0 Å². The topological polar surface area (TPSA) is 0 Å². The standard InChI is InChI=1S/C32H22/c1-3-7-23(8-4-1)25-11-13-29-21-31(17-15-27(29)19-25)32-18-16-28-20-26(12-14-30(28)22-32)24-9-5-2-6-10-24/h1-22H. The van der Waals surface area contributed by atoms with E-state index in [9.17, 15) is 0 Å². The summed E-state index contributed by atoms with van der Waals surface area (Å²) in [7, 11) is 0. The molecule has 0 spiro atoms. The predicted molar refractivity (Wildman–Crippen MR) is 138 cm³/mol. The summed E-state index contributed by atoms with van der Waals surface area (Å²) in [4.78, 5) is 0. The van der Waals surface area contributed by atoms with Crippen molar-refractivity contribution in [2.24, 2.45) is 0 Å². The van der Waals surface area contributed by atoms with E-state index in [4.69, 9.17) is 0 Å². The zero-order valence-corrected chi connectivity index (χ0v) is 17.7. The first-order chi connectivity index (χ1) is 15.8. The van der Waals surface area contributed by atoms with E-state index < -0.39 is 0 Å². The van der Waals surface area contributed by atoms with Crippen LogP contribution >= 0.6 is 0 Å². The monoisotopic (exact) mass is 406 g/mol. The molecular weight excluding hydrogens is 384 g/mol. The van der Waals surface area contributed by atoms with Crippen LogP contribution in [-0.2, 0) is 0 Å². The molecule has 0 radical (unpaired) electrons. The summed E-state index contributed by atoms with van der Waals surface area (Å²) in [6.07, 6.45) is 0. The molecule has 0 amide bonds. The molecule has 0 aliphatic heterocycles. The zero-order valence-electron chi connectivity index (χ0n) is 17.7. The average Bonchev–Trinajstić information content (AvgIpc) is 2.88. The summed E-state index contributed by atoms with van der Waals surface area (Å²) >= 11 is 0. The van der Waals surface area contributed by atoms with Crippen molar-refractivity contribution < 1.29 is 0 Å². The highest BCUT2D eigenvalue weighted by molar-refractivity contribution is 5.94. The van der Waals surface area contributed by atoms with Crippen molar-refractivity contribution in [1.29, 1.82) is 0 Å². The largest absolute Gasteiger partial charge is 0.0622 e. The molecule has 6 aromatic rings. The van der Waals surface area contributed by atoms with Gasteiger partial charge in [0.15, 0.2) is 0 Å². The fourth-order valence-electron chi connectivity index (χ4n) is 4.47. The Morgan fingerprint density at radius 3 is 0.812 bits per heavy atom. The summed E-state index contributed by atoms with van der Waals surface area (Å²) in [6, 6.07) is 48.1. The van der Waals surface area contributed by atoms with Gasteiger partial charge >= 0.3 is 0 Å². The number of fused-ring (bicyclic) bond motifs is 2. The van der Waals surface area contributed by atoms with Gasteiger partial charge in [0.25, 0.3) is 0 Å². The van der Waals surface area contributed by atoms with Crippen LogP contribution in [0.4, 0.5) is 0 Å². The zero-order chi connectivity index (χ0) is 21.3. The molecule has 32 heavy (non-hydrogen) atoms. The maximum Gasteiger partial charge on any atom is -0.0177 e. The van der Waals surface area contributed by atoms with Gasteiger partial charge in [-0.2, -0.15) is 0 Å². The van der Waals surface area contributed by atoms with Crippen molar-refractivity contribution in [3.63, 3.8) is 0 Å². The number of hydrogen-bond donors (Lipinski definition) is 0. The molecule has 0 fully saturated rings. The Balaban J connectivity index is 1.36. The lowest BCUT2D eigenvalue weighted by molar-refractivity contribution is 1.63. The van der Waals surface area contributed by atoms with E-state index in [1.54, 1.807) is 0 Å². The second-order valence-electron chi connectivity index (χ2n) is 8.29. The third-order valence-electron chi connectivity index (χ3n) is 6.23. The van der Waals surface area contributed by atoms with Crippen molar-refractivity contribution in [3.05, 3.63) is 133 Å². The number of rotatable bonds is 3. The van der Waals surface area contributed by atoms with Crippen LogP contribution < -0.4 is 0 Å². The van der Waals surface area contributed by atoms with Crippen molar-refractivity contribution >= 4 is 21.5 Å². The summed E-state index contributed by atoms with van der Waals surface area (Å²) < 4.78 is 0. The van der Waals surface area contributed by atoms with Crippen LogP contribution in [0.15, 0.2) is 133 Å². The minimum Gasteiger partial charge on any atom is -0.0622 e. The fraction of sp³-hybridized carbons (Fsp3) is 0. The maximum absolute atomic E-state index is 2.30. The summed E-state index contributed by atoms with van der Waals surface area (Å²) in [6.45, 7) is 0. The molecule has 0 heterocycles. The molecule has 0 heteroatoms. The van der Waals surface area contributed by atoms with Crippen molar-refractivity contribution in [2.45, 2.75) is 0 Å². The molecule has 6 rings (SSSR count). The first-order valence-electron chi connectivity index (χ1n) is 11.0. The van der Waals surface area contributed by atoms with Crippen LogP contribution in [0.2, 0.25) is 0 Å². The minimum absolute atomic E-state index is 1.25. The van der Waals surface area contributed by atoms with Crippen molar-refractivity contribution in [2.75, 3.05) is 0 Å². The lowest BCUT2D eigenvalue weighted by Crippen LogP contribution is -1.83. The van der Waals surface area contributed by atoms with Crippen LogP contribution in [0.5, 0.6) is 0 Å². The van der Waals surface area contributed by atoms with Gasteiger partial charge < -0.3 is 0 Å². The highest BCUT2D eigenvalue weighted by Gasteiger charge is 2.05. The van der Waals surface area contributed by atoms with Gasteiger partial charge in [-0.05, 0) is 79.2 Å². The molecular formula is C32H22. The Bertz CT molecular complexity index is 1420. The molecule has 0 aliphatic carbocycles. The Morgan fingerprint density at radius 1 is 0.219 bits per heavy atom. The molecule has 0 unspecified atom stereocenters. The Morgan fingerprint density at radius 2 is 0.500 bits per heavy atom. The van der Waals surface area contributed by atoms with Crippen LogP contribution in [-0.4, -0.2) is 0 Å². The van der Waals surface area contributed by atoms with Gasteiger partial charge in [-0.25, -0.2) is 0 Å². The predicted octanol–water partition coefficient (Wildman–Crippen LogP) is 8.99. The summed E-state index contributed by atoms with van der Waals surface area (Å²) in [5.74, 6) is 0. The second-order valence-corrected chi connectivity index (χ2v) is 8.29. The van der Waals surface area contributed by atoms with Crippen LogP contribution in [0, 0.1) is 0 Å². The fourth-order valence-corrected chi connectivity index (χ4v) is 4.47. The van der Waals surface area contributed by atoms with Gasteiger partial charge in [0, 0.05) is 0 Å². The first-order valence-corrected chi connectivity index (χ1v) is 11.0. The van der Waals surface area contributed by atoms with E-state index in [0.29, 0.717) is 0 Å². The van der Waals surface area contributed by atoms with Crippen LogP contribution in [0.1, 0.15) is 0 Å². The Hall–Kier alpha value is -4.16. The lowest BCUT2D eigenvalue weighted by atomic mass is 9.95. The smallest absolute Gasteiger partial charge is 0.0177 e.